The molecule has 0 spiro atoms. The van der Waals surface area contributed by atoms with Crippen LogP contribution in [0.25, 0.3) is 10.9 Å². The van der Waals surface area contributed by atoms with Crippen LogP contribution in [-0.2, 0) is 0 Å². The first-order valence-corrected chi connectivity index (χ1v) is 9.03. The van der Waals surface area contributed by atoms with Gasteiger partial charge >= 0.3 is 0 Å². The van der Waals surface area contributed by atoms with Gasteiger partial charge in [-0.05, 0) is 47.9 Å². The fraction of sp³-hybridized carbons (Fsp3) is 0.167. The molecule has 0 amide bonds. The quantitative estimate of drug-likeness (QED) is 0.503. The number of hydrogen-bond donors (Lipinski definition) is 1. The average molecular weight is 340 g/mol. The summed E-state index contributed by atoms with van der Waals surface area (Å²) in [6.07, 6.45) is 2.17. The maximum absolute atomic E-state index is 3.46. The Morgan fingerprint density at radius 1 is 0.808 bits per heavy atom. The van der Waals surface area contributed by atoms with Crippen LogP contribution >= 0.6 is 0 Å². The highest BCUT2D eigenvalue weighted by Gasteiger charge is 2.20. The summed E-state index contributed by atoms with van der Waals surface area (Å²) in [6.45, 7) is 2.15. The second-order valence-corrected chi connectivity index (χ2v) is 7.12. The molecule has 1 unspecified atom stereocenters. The van der Waals surface area contributed by atoms with Gasteiger partial charge in [0.25, 0.3) is 0 Å². The Bertz CT molecular complexity index is 1010. The number of nitrogens with zero attached hydrogens (tertiary/aromatic N) is 1. The minimum absolute atomic E-state index is 0.211. The molecule has 0 fully saturated rings. The van der Waals surface area contributed by atoms with Crippen LogP contribution in [-0.4, -0.2) is 19.1 Å². The summed E-state index contributed by atoms with van der Waals surface area (Å²) in [6, 6.07) is 26.3. The van der Waals surface area contributed by atoms with E-state index in [2.05, 4.69) is 110 Å². The highest BCUT2D eigenvalue weighted by molar-refractivity contribution is 5.85. The molecule has 1 aromatic heterocycles. The molecule has 130 valence electrons. The summed E-state index contributed by atoms with van der Waals surface area (Å²) in [5, 5.41) is 1.30. The van der Waals surface area contributed by atoms with Gasteiger partial charge in [-0.3, -0.25) is 0 Å². The number of anilines is 1. The van der Waals surface area contributed by atoms with Crippen LogP contribution in [0.2, 0.25) is 0 Å². The van der Waals surface area contributed by atoms with Crippen molar-refractivity contribution in [2.45, 2.75) is 12.8 Å². The molecular weight excluding hydrogens is 316 g/mol. The van der Waals surface area contributed by atoms with Gasteiger partial charge < -0.3 is 9.88 Å². The minimum atomic E-state index is 0.211. The van der Waals surface area contributed by atoms with E-state index >= 15 is 0 Å². The van der Waals surface area contributed by atoms with Gasteiger partial charge in [0.1, 0.15) is 0 Å². The zero-order valence-electron chi connectivity index (χ0n) is 15.5. The summed E-state index contributed by atoms with van der Waals surface area (Å²) in [5.41, 5.74) is 7.64. The summed E-state index contributed by atoms with van der Waals surface area (Å²) < 4.78 is 0. The Kier molecular flexibility index (Phi) is 4.26. The monoisotopic (exact) mass is 340 g/mol. The molecular formula is C24H24N2. The second-order valence-electron chi connectivity index (χ2n) is 7.12. The number of aromatic nitrogens is 1. The largest absolute Gasteiger partial charge is 0.378 e. The van der Waals surface area contributed by atoms with Gasteiger partial charge in [-0.15, -0.1) is 0 Å². The number of aryl methyl sites for hydroxylation is 1. The Balaban J connectivity index is 1.89. The van der Waals surface area contributed by atoms with Crippen LogP contribution < -0.4 is 4.90 Å². The highest BCUT2D eigenvalue weighted by atomic mass is 15.1. The molecule has 1 heterocycles. The molecule has 3 aromatic carbocycles. The number of rotatable bonds is 4. The van der Waals surface area contributed by atoms with E-state index in [1.165, 1.54) is 38.8 Å². The van der Waals surface area contributed by atoms with Gasteiger partial charge in [0, 0.05) is 42.8 Å². The Morgan fingerprint density at radius 3 is 2.19 bits per heavy atom. The maximum atomic E-state index is 3.46. The van der Waals surface area contributed by atoms with Crippen molar-refractivity contribution in [1.82, 2.24) is 4.98 Å². The second kappa shape index (κ2) is 6.72. The van der Waals surface area contributed by atoms with Crippen molar-refractivity contribution in [3.05, 3.63) is 101 Å². The lowest BCUT2D eigenvalue weighted by Gasteiger charge is -2.20. The maximum Gasteiger partial charge on any atom is 0.0457 e. The van der Waals surface area contributed by atoms with Crippen molar-refractivity contribution in [2.24, 2.45) is 0 Å². The molecule has 0 radical (unpaired) electrons. The summed E-state index contributed by atoms with van der Waals surface area (Å²) in [4.78, 5) is 5.59. The highest BCUT2D eigenvalue weighted by Crippen LogP contribution is 2.37. The predicted molar refractivity (Wildman–Crippen MR) is 111 cm³/mol. The molecule has 2 nitrogen and oxygen atoms in total. The van der Waals surface area contributed by atoms with Crippen LogP contribution in [0.4, 0.5) is 5.69 Å². The molecule has 0 saturated heterocycles. The summed E-state index contributed by atoms with van der Waals surface area (Å²) in [5.74, 6) is 0.211. The standard InChI is InChI=1S/C24H24N2/c1-17-9-14-23-21(15-17)22(16-25-23)24(18-7-5-4-6-8-18)19-10-12-20(13-11-19)26(2)3/h4-16,24-25H,1-3H3. The van der Waals surface area contributed by atoms with Crippen molar-refractivity contribution in [2.75, 3.05) is 19.0 Å². The molecule has 0 aliphatic rings. The fourth-order valence-corrected chi connectivity index (χ4v) is 3.66. The van der Waals surface area contributed by atoms with Gasteiger partial charge in [-0.1, -0.05) is 54.1 Å². The van der Waals surface area contributed by atoms with Gasteiger partial charge in [0.05, 0.1) is 0 Å². The van der Waals surface area contributed by atoms with E-state index in [4.69, 9.17) is 0 Å². The molecule has 0 bridgehead atoms. The lowest BCUT2D eigenvalue weighted by atomic mass is 9.85. The van der Waals surface area contributed by atoms with E-state index in [0.29, 0.717) is 0 Å². The van der Waals surface area contributed by atoms with Gasteiger partial charge in [0.2, 0.25) is 0 Å². The first-order chi connectivity index (χ1) is 12.6. The SMILES string of the molecule is Cc1ccc2[nH]cc(C(c3ccccc3)c3ccc(N(C)C)cc3)c2c1. The summed E-state index contributed by atoms with van der Waals surface area (Å²) in [7, 11) is 4.15. The van der Waals surface area contributed by atoms with Crippen LogP contribution in [0.3, 0.4) is 0 Å². The van der Waals surface area contributed by atoms with Gasteiger partial charge in [0.15, 0.2) is 0 Å². The van der Waals surface area contributed by atoms with Crippen molar-refractivity contribution in [1.29, 1.82) is 0 Å². The third kappa shape index (κ3) is 2.99. The van der Waals surface area contributed by atoms with E-state index in [1.54, 1.807) is 0 Å². The molecule has 1 atom stereocenters. The normalized spacial score (nSPS) is 12.3. The van der Waals surface area contributed by atoms with E-state index in [1.807, 2.05) is 0 Å². The first kappa shape index (κ1) is 16.5. The number of fused-ring (bicyclic) bond motifs is 1. The van der Waals surface area contributed by atoms with Crippen molar-refractivity contribution >= 4 is 16.6 Å². The number of aromatic amines is 1. The first-order valence-electron chi connectivity index (χ1n) is 9.03. The van der Waals surface area contributed by atoms with E-state index in [0.717, 1.165) is 0 Å². The van der Waals surface area contributed by atoms with Crippen molar-refractivity contribution in [3.8, 4) is 0 Å². The molecule has 4 aromatic rings. The average Bonchev–Trinajstić information content (AvgIpc) is 3.06. The third-order valence-electron chi connectivity index (χ3n) is 5.06. The topological polar surface area (TPSA) is 19.0 Å². The minimum Gasteiger partial charge on any atom is -0.378 e. The predicted octanol–water partition coefficient (Wildman–Crippen LogP) is 5.72. The van der Waals surface area contributed by atoms with E-state index in [9.17, 15) is 0 Å². The Labute approximate surface area is 155 Å². The molecule has 2 heteroatoms. The Hall–Kier alpha value is -3.00. The van der Waals surface area contributed by atoms with Crippen LogP contribution in [0.1, 0.15) is 28.2 Å². The zero-order chi connectivity index (χ0) is 18.1. The molecule has 26 heavy (non-hydrogen) atoms. The summed E-state index contributed by atoms with van der Waals surface area (Å²) >= 11 is 0. The van der Waals surface area contributed by atoms with Crippen molar-refractivity contribution < 1.29 is 0 Å². The Morgan fingerprint density at radius 2 is 1.50 bits per heavy atom. The number of nitrogens with one attached hydrogen (secondary N) is 1. The lowest BCUT2D eigenvalue weighted by Crippen LogP contribution is -2.09. The zero-order valence-corrected chi connectivity index (χ0v) is 15.5. The van der Waals surface area contributed by atoms with Crippen LogP contribution in [0.5, 0.6) is 0 Å². The number of hydrogen-bond acceptors (Lipinski definition) is 1. The van der Waals surface area contributed by atoms with Gasteiger partial charge in [-0.25, -0.2) is 0 Å². The van der Waals surface area contributed by atoms with Crippen LogP contribution in [0, 0.1) is 6.92 Å². The lowest BCUT2D eigenvalue weighted by molar-refractivity contribution is 0.985. The number of benzene rings is 3. The van der Waals surface area contributed by atoms with Crippen molar-refractivity contribution in [3.63, 3.8) is 0 Å². The molecule has 0 aliphatic carbocycles. The van der Waals surface area contributed by atoms with Gasteiger partial charge in [-0.2, -0.15) is 0 Å². The molecule has 4 rings (SSSR count). The van der Waals surface area contributed by atoms with Crippen LogP contribution in [0.15, 0.2) is 79.0 Å². The molecule has 1 N–H and O–H groups in total. The fourth-order valence-electron chi connectivity index (χ4n) is 3.66. The third-order valence-corrected chi connectivity index (χ3v) is 5.06. The molecule has 0 aliphatic heterocycles. The van der Waals surface area contributed by atoms with E-state index < -0.39 is 0 Å². The smallest absolute Gasteiger partial charge is 0.0457 e. The molecule has 0 saturated carbocycles. The number of H-pyrrole nitrogens is 1. The van der Waals surface area contributed by atoms with E-state index in [-0.39, 0.29) is 5.92 Å².